The number of ether oxygens (including phenoxy) is 2. The van der Waals surface area contributed by atoms with Crippen molar-refractivity contribution in [3.05, 3.63) is 71.5 Å². The van der Waals surface area contributed by atoms with Gasteiger partial charge < -0.3 is 14.8 Å². The number of nitrogens with one attached hydrogen (secondary N) is 1. The summed E-state index contributed by atoms with van der Waals surface area (Å²) in [6.45, 7) is 1.02. The molecule has 1 aliphatic heterocycles. The predicted octanol–water partition coefficient (Wildman–Crippen LogP) is 4.59. The first-order valence-corrected chi connectivity index (χ1v) is 11.9. The van der Waals surface area contributed by atoms with Crippen LogP contribution in [0.2, 0.25) is 0 Å². The maximum Gasteiger partial charge on any atom is 0.234 e. The first kappa shape index (κ1) is 21.5. The van der Waals surface area contributed by atoms with Gasteiger partial charge >= 0.3 is 0 Å². The number of hydrogen-bond acceptors (Lipinski definition) is 7. The number of carbonyl (C=O) groups excluding carboxylic acids is 1. The SMILES string of the molecule is O=C(CSc1nnc(-c2ccncc2)n1-c1ccc(Br)cc1)Nc1ccc2c(c1)OCCO2. The van der Waals surface area contributed by atoms with Gasteiger partial charge in [-0.3, -0.25) is 14.3 Å². The fourth-order valence-corrected chi connectivity index (χ4v) is 4.34. The standard InChI is InChI=1S/C23H18BrN5O3S/c24-16-1-4-18(5-2-16)29-22(15-7-9-25-10-8-15)27-28-23(29)33-14-21(30)26-17-3-6-19-20(13-17)32-12-11-31-19/h1-10,13H,11-12,14H2,(H,26,30). The molecule has 0 spiro atoms. The molecule has 0 aliphatic carbocycles. The Hall–Kier alpha value is -3.37. The van der Waals surface area contributed by atoms with Crippen LogP contribution in [0.3, 0.4) is 0 Å². The number of amides is 1. The van der Waals surface area contributed by atoms with Crippen molar-refractivity contribution >= 4 is 39.3 Å². The Morgan fingerprint density at radius 1 is 1.00 bits per heavy atom. The summed E-state index contributed by atoms with van der Waals surface area (Å²) in [7, 11) is 0. The number of aromatic nitrogens is 4. The van der Waals surface area contributed by atoms with Gasteiger partial charge in [0.1, 0.15) is 13.2 Å². The lowest BCUT2D eigenvalue weighted by Gasteiger charge is -2.19. The van der Waals surface area contributed by atoms with Crippen LogP contribution in [0.1, 0.15) is 0 Å². The van der Waals surface area contributed by atoms with E-state index in [9.17, 15) is 4.79 Å². The summed E-state index contributed by atoms with van der Waals surface area (Å²) in [6, 6.07) is 17.0. The van der Waals surface area contributed by atoms with E-state index in [1.807, 2.05) is 41.0 Å². The van der Waals surface area contributed by atoms with Gasteiger partial charge in [-0.15, -0.1) is 10.2 Å². The molecule has 5 rings (SSSR count). The second-order valence-electron chi connectivity index (χ2n) is 7.05. The van der Waals surface area contributed by atoms with E-state index in [0.29, 0.717) is 41.4 Å². The van der Waals surface area contributed by atoms with Gasteiger partial charge in [0.05, 0.1) is 5.75 Å². The van der Waals surface area contributed by atoms with Gasteiger partial charge in [0.2, 0.25) is 5.91 Å². The number of carbonyl (C=O) groups is 1. The minimum absolute atomic E-state index is 0.160. The van der Waals surface area contributed by atoms with E-state index in [2.05, 4.69) is 36.4 Å². The van der Waals surface area contributed by atoms with Crippen molar-refractivity contribution in [3.63, 3.8) is 0 Å². The molecule has 0 unspecified atom stereocenters. The summed E-state index contributed by atoms with van der Waals surface area (Å²) in [5, 5.41) is 12.3. The van der Waals surface area contributed by atoms with Crippen molar-refractivity contribution in [1.29, 1.82) is 0 Å². The van der Waals surface area contributed by atoms with Crippen LogP contribution in [0.25, 0.3) is 17.1 Å². The summed E-state index contributed by atoms with van der Waals surface area (Å²) in [5.41, 5.74) is 2.43. The molecule has 33 heavy (non-hydrogen) atoms. The van der Waals surface area contributed by atoms with Crippen molar-refractivity contribution < 1.29 is 14.3 Å². The van der Waals surface area contributed by atoms with Crippen molar-refractivity contribution in [2.24, 2.45) is 0 Å². The third-order valence-corrected chi connectivity index (χ3v) is 6.27. The number of rotatable bonds is 6. The lowest BCUT2D eigenvalue weighted by atomic mass is 10.2. The second-order valence-corrected chi connectivity index (χ2v) is 8.91. The molecule has 8 nitrogen and oxygen atoms in total. The summed E-state index contributed by atoms with van der Waals surface area (Å²) in [6.07, 6.45) is 3.42. The summed E-state index contributed by atoms with van der Waals surface area (Å²) < 4.78 is 14.0. The molecular formula is C23H18BrN5O3S. The molecule has 2 aromatic carbocycles. The average Bonchev–Trinajstić information content (AvgIpc) is 3.28. The zero-order valence-electron chi connectivity index (χ0n) is 17.3. The number of nitrogens with zero attached hydrogens (tertiary/aromatic N) is 4. The maximum atomic E-state index is 12.6. The molecule has 3 heterocycles. The number of thioether (sulfide) groups is 1. The summed E-state index contributed by atoms with van der Waals surface area (Å²) >= 11 is 4.78. The molecule has 10 heteroatoms. The lowest BCUT2D eigenvalue weighted by Crippen LogP contribution is -2.17. The number of fused-ring (bicyclic) bond motifs is 1. The van der Waals surface area contributed by atoms with Crippen LogP contribution in [0.15, 0.2) is 76.6 Å². The molecular weight excluding hydrogens is 506 g/mol. The van der Waals surface area contributed by atoms with Crippen LogP contribution in [-0.2, 0) is 4.79 Å². The predicted molar refractivity (Wildman–Crippen MR) is 129 cm³/mol. The monoisotopic (exact) mass is 523 g/mol. The molecule has 0 atom stereocenters. The van der Waals surface area contributed by atoms with Gasteiger partial charge in [-0.1, -0.05) is 27.7 Å². The minimum Gasteiger partial charge on any atom is -0.486 e. The molecule has 2 aromatic heterocycles. The molecule has 0 bridgehead atoms. The van der Waals surface area contributed by atoms with Gasteiger partial charge in [-0.25, -0.2) is 0 Å². The van der Waals surface area contributed by atoms with Gasteiger partial charge in [0.25, 0.3) is 0 Å². The number of pyridine rings is 1. The van der Waals surface area contributed by atoms with Gasteiger partial charge in [-0.2, -0.15) is 0 Å². The largest absolute Gasteiger partial charge is 0.486 e. The van der Waals surface area contributed by atoms with Gasteiger partial charge in [-0.05, 0) is 48.5 Å². The quantitative estimate of drug-likeness (QED) is 0.369. The Labute approximate surface area is 202 Å². The molecule has 1 N–H and O–H groups in total. The molecule has 0 radical (unpaired) electrons. The summed E-state index contributed by atoms with van der Waals surface area (Å²) in [4.78, 5) is 16.7. The summed E-state index contributed by atoms with van der Waals surface area (Å²) in [5.74, 6) is 1.99. The maximum absolute atomic E-state index is 12.6. The van der Waals surface area contributed by atoms with E-state index in [-0.39, 0.29) is 11.7 Å². The highest BCUT2D eigenvalue weighted by Gasteiger charge is 2.18. The average molecular weight is 524 g/mol. The number of hydrogen-bond donors (Lipinski definition) is 1. The third kappa shape index (κ3) is 4.86. The van der Waals surface area contributed by atoms with Crippen LogP contribution in [0.4, 0.5) is 5.69 Å². The van der Waals surface area contributed by atoms with Gasteiger partial charge in [0, 0.05) is 39.9 Å². The van der Waals surface area contributed by atoms with Crippen LogP contribution in [-0.4, -0.2) is 44.6 Å². The van der Waals surface area contributed by atoms with E-state index >= 15 is 0 Å². The van der Waals surface area contributed by atoms with Crippen molar-refractivity contribution in [2.45, 2.75) is 5.16 Å². The van der Waals surface area contributed by atoms with Crippen molar-refractivity contribution in [2.75, 3.05) is 24.3 Å². The van der Waals surface area contributed by atoms with Gasteiger partial charge in [0.15, 0.2) is 22.5 Å². The number of anilines is 1. The van der Waals surface area contributed by atoms with Crippen LogP contribution < -0.4 is 14.8 Å². The molecule has 166 valence electrons. The Morgan fingerprint density at radius 3 is 2.55 bits per heavy atom. The van der Waals surface area contributed by atoms with E-state index in [1.165, 1.54) is 11.8 Å². The van der Waals surface area contributed by atoms with Crippen LogP contribution in [0, 0.1) is 0 Å². The first-order valence-electron chi connectivity index (χ1n) is 10.1. The van der Waals surface area contributed by atoms with Crippen LogP contribution >= 0.6 is 27.7 Å². The van der Waals surface area contributed by atoms with E-state index < -0.39 is 0 Å². The van der Waals surface area contributed by atoms with E-state index in [4.69, 9.17) is 9.47 Å². The highest BCUT2D eigenvalue weighted by atomic mass is 79.9. The normalized spacial score (nSPS) is 12.4. The fraction of sp³-hybridized carbons (Fsp3) is 0.130. The topological polar surface area (TPSA) is 91.2 Å². The van der Waals surface area contributed by atoms with E-state index in [0.717, 1.165) is 15.7 Å². The van der Waals surface area contributed by atoms with Crippen molar-refractivity contribution in [3.8, 4) is 28.6 Å². The Balaban J connectivity index is 1.35. The zero-order chi connectivity index (χ0) is 22.6. The Morgan fingerprint density at radius 2 is 1.76 bits per heavy atom. The second kappa shape index (κ2) is 9.63. The third-order valence-electron chi connectivity index (χ3n) is 4.81. The molecule has 1 amide bonds. The molecule has 0 fully saturated rings. The number of halogens is 1. The number of benzene rings is 2. The highest BCUT2D eigenvalue weighted by Crippen LogP contribution is 2.33. The zero-order valence-corrected chi connectivity index (χ0v) is 19.7. The minimum atomic E-state index is -0.160. The molecule has 1 aliphatic rings. The molecule has 0 saturated heterocycles. The molecule has 0 saturated carbocycles. The Kier molecular flexibility index (Phi) is 6.27. The van der Waals surface area contributed by atoms with Crippen molar-refractivity contribution in [1.82, 2.24) is 19.7 Å². The molecule has 4 aromatic rings. The first-order chi connectivity index (χ1) is 16.2. The van der Waals surface area contributed by atoms with E-state index in [1.54, 1.807) is 30.6 Å². The highest BCUT2D eigenvalue weighted by molar-refractivity contribution is 9.10. The van der Waals surface area contributed by atoms with Crippen LogP contribution in [0.5, 0.6) is 11.5 Å². The smallest absolute Gasteiger partial charge is 0.234 e. The fourth-order valence-electron chi connectivity index (χ4n) is 3.32. The Bertz CT molecular complexity index is 1280. The lowest BCUT2D eigenvalue weighted by molar-refractivity contribution is -0.113.